The molecule has 0 spiro atoms. The van der Waals surface area contributed by atoms with Crippen molar-refractivity contribution in [2.45, 2.75) is 10.1 Å². The third-order valence-corrected chi connectivity index (χ3v) is 3.38. The van der Waals surface area contributed by atoms with Crippen molar-refractivity contribution < 1.29 is 4.79 Å². The van der Waals surface area contributed by atoms with Crippen LogP contribution < -0.4 is 11.5 Å². The number of carbonyl (C=O) groups is 1. The highest BCUT2D eigenvalue weighted by molar-refractivity contribution is 7.99. The summed E-state index contributed by atoms with van der Waals surface area (Å²) in [5, 5.41) is 0.776. The number of hydrogen-bond donors (Lipinski definition) is 2. The molecule has 0 unspecified atom stereocenters. The van der Waals surface area contributed by atoms with E-state index in [2.05, 4.69) is 4.98 Å². The molecule has 1 aromatic carbocycles. The van der Waals surface area contributed by atoms with E-state index in [0.717, 1.165) is 5.16 Å². The van der Waals surface area contributed by atoms with Gasteiger partial charge in [-0.1, -0.05) is 11.8 Å². The molecule has 0 saturated heterocycles. The number of carbonyl (C=O) groups excluding carboxylic acids is 1. The number of benzene rings is 1. The molecular weight excluding hydrogens is 236 g/mol. The first-order valence-electron chi connectivity index (χ1n) is 4.92. The van der Waals surface area contributed by atoms with Crippen LogP contribution in [0.15, 0.2) is 40.6 Å². The number of rotatable bonds is 3. The summed E-state index contributed by atoms with van der Waals surface area (Å²) < 4.78 is 1.86. The Bertz CT molecular complexity index is 564. The lowest BCUT2D eigenvalue weighted by atomic mass is 10.2. The molecule has 1 heterocycles. The van der Waals surface area contributed by atoms with Crippen LogP contribution in [0.4, 0.5) is 5.69 Å². The second-order valence-electron chi connectivity index (χ2n) is 3.54. The Labute approximate surface area is 103 Å². The molecule has 2 aromatic rings. The Hall–Kier alpha value is -1.95. The maximum absolute atomic E-state index is 11.3. The molecule has 1 amide bonds. The van der Waals surface area contributed by atoms with E-state index in [1.54, 1.807) is 24.4 Å². The Morgan fingerprint density at radius 3 is 2.82 bits per heavy atom. The number of aryl methyl sites for hydroxylation is 1. The van der Waals surface area contributed by atoms with Crippen LogP contribution in [0.3, 0.4) is 0 Å². The van der Waals surface area contributed by atoms with Gasteiger partial charge < -0.3 is 16.0 Å². The van der Waals surface area contributed by atoms with Gasteiger partial charge in [-0.15, -0.1) is 0 Å². The van der Waals surface area contributed by atoms with Crippen molar-refractivity contribution in [3.8, 4) is 0 Å². The second kappa shape index (κ2) is 4.50. The number of primary amides is 1. The van der Waals surface area contributed by atoms with E-state index in [4.69, 9.17) is 11.5 Å². The van der Waals surface area contributed by atoms with Crippen molar-refractivity contribution >= 4 is 23.4 Å². The standard InChI is InChI=1S/C11H12N4OS/c1-15-5-4-14-11(15)17-9-6-7(12)2-3-8(9)10(13)16/h2-6H,12H2,1H3,(H2,13,16). The number of nitrogens with zero attached hydrogens (tertiary/aromatic N) is 2. The topological polar surface area (TPSA) is 86.9 Å². The normalized spacial score (nSPS) is 10.4. The molecule has 0 fully saturated rings. The van der Waals surface area contributed by atoms with Crippen molar-refractivity contribution in [2.24, 2.45) is 12.8 Å². The first-order valence-corrected chi connectivity index (χ1v) is 5.74. The smallest absolute Gasteiger partial charge is 0.249 e. The first kappa shape index (κ1) is 11.5. The maximum Gasteiger partial charge on any atom is 0.249 e. The van der Waals surface area contributed by atoms with Gasteiger partial charge in [0.15, 0.2) is 5.16 Å². The number of anilines is 1. The van der Waals surface area contributed by atoms with E-state index in [1.165, 1.54) is 11.8 Å². The summed E-state index contributed by atoms with van der Waals surface area (Å²) in [6.07, 6.45) is 3.52. The number of nitrogens with two attached hydrogens (primary N) is 2. The largest absolute Gasteiger partial charge is 0.399 e. The monoisotopic (exact) mass is 248 g/mol. The lowest BCUT2D eigenvalue weighted by molar-refractivity contribution is 0.0997. The molecule has 4 N–H and O–H groups in total. The number of amides is 1. The zero-order valence-corrected chi connectivity index (χ0v) is 10.1. The summed E-state index contributed by atoms with van der Waals surface area (Å²) in [6, 6.07) is 5.00. The van der Waals surface area contributed by atoms with Crippen LogP contribution in [0.25, 0.3) is 0 Å². The van der Waals surface area contributed by atoms with E-state index < -0.39 is 5.91 Å². The maximum atomic E-state index is 11.3. The van der Waals surface area contributed by atoms with E-state index >= 15 is 0 Å². The minimum atomic E-state index is -0.471. The zero-order chi connectivity index (χ0) is 12.4. The van der Waals surface area contributed by atoms with Crippen molar-refractivity contribution in [1.29, 1.82) is 0 Å². The fourth-order valence-corrected chi connectivity index (χ4v) is 2.36. The van der Waals surface area contributed by atoms with Gasteiger partial charge >= 0.3 is 0 Å². The minimum absolute atomic E-state index is 0.451. The van der Waals surface area contributed by atoms with Gasteiger partial charge in [0.1, 0.15) is 0 Å². The highest BCUT2D eigenvalue weighted by Gasteiger charge is 2.11. The average Bonchev–Trinajstić information content (AvgIpc) is 2.64. The van der Waals surface area contributed by atoms with Gasteiger partial charge in [-0.25, -0.2) is 4.98 Å². The molecule has 88 valence electrons. The fourth-order valence-electron chi connectivity index (χ4n) is 1.38. The van der Waals surface area contributed by atoms with Crippen LogP contribution in [0, 0.1) is 0 Å². The Morgan fingerprint density at radius 1 is 1.47 bits per heavy atom. The SMILES string of the molecule is Cn1ccnc1Sc1cc(N)ccc1C(N)=O. The highest BCUT2D eigenvalue weighted by Crippen LogP contribution is 2.30. The van der Waals surface area contributed by atoms with Crippen LogP contribution in [0.5, 0.6) is 0 Å². The predicted octanol–water partition coefficient (Wildman–Crippen LogP) is 1.25. The minimum Gasteiger partial charge on any atom is -0.399 e. The molecule has 0 saturated carbocycles. The third-order valence-electron chi connectivity index (χ3n) is 2.25. The Kier molecular flexibility index (Phi) is 3.06. The quantitative estimate of drug-likeness (QED) is 0.800. The van der Waals surface area contributed by atoms with Crippen LogP contribution >= 0.6 is 11.8 Å². The van der Waals surface area contributed by atoms with Crippen molar-refractivity contribution in [3.63, 3.8) is 0 Å². The molecule has 0 bridgehead atoms. The molecule has 1 aromatic heterocycles. The van der Waals surface area contributed by atoms with Gasteiger partial charge in [0.2, 0.25) is 5.91 Å². The zero-order valence-electron chi connectivity index (χ0n) is 9.25. The molecule has 0 aliphatic heterocycles. The van der Waals surface area contributed by atoms with Crippen LogP contribution in [0.2, 0.25) is 0 Å². The van der Waals surface area contributed by atoms with Gasteiger partial charge in [0.25, 0.3) is 0 Å². The molecule has 6 heteroatoms. The summed E-state index contributed by atoms with van der Waals surface area (Å²) in [6.45, 7) is 0. The van der Waals surface area contributed by atoms with Crippen molar-refractivity contribution in [3.05, 3.63) is 36.2 Å². The summed E-state index contributed by atoms with van der Waals surface area (Å²) in [4.78, 5) is 16.2. The van der Waals surface area contributed by atoms with Gasteiger partial charge in [-0.2, -0.15) is 0 Å². The number of hydrogen-bond acceptors (Lipinski definition) is 4. The van der Waals surface area contributed by atoms with Gasteiger partial charge in [-0.05, 0) is 18.2 Å². The Balaban J connectivity index is 2.41. The van der Waals surface area contributed by atoms with E-state index in [-0.39, 0.29) is 0 Å². The summed E-state index contributed by atoms with van der Waals surface area (Å²) >= 11 is 1.36. The number of aromatic nitrogens is 2. The molecule has 0 radical (unpaired) electrons. The molecule has 5 nitrogen and oxygen atoms in total. The highest BCUT2D eigenvalue weighted by atomic mass is 32.2. The average molecular weight is 248 g/mol. The second-order valence-corrected chi connectivity index (χ2v) is 4.55. The molecule has 2 rings (SSSR count). The van der Waals surface area contributed by atoms with Gasteiger partial charge in [-0.3, -0.25) is 4.79 Å². The molecule has 0 aliphatic carbocycles. The van der Waals surface area contributed by atoms with Crippen LogP contribution in [-0.2, 0) is 7.05 Å². The van der Waals surface area contributed by atoms with E-state index in [1.807, 2.05) is 17.8 Å². The number of imidazole rings is 1. The predicted molar refractivity (Wildman–Crippen MR) is 66.7 cm³/mol. The summed E-state index contributed by atoms with van der Waals surface area (Å²) in [5.74, 6) is -0.471. The first-order chi connectivity index (χ1) is 8.08. The van der Waals surface area contributed by atoms with E-state index in [9.17, 15) is 4.79 Å². The van der Waals surface area contributed by atoms with Crippen LogP contribution in [0.1, 0.15) is 10.4 Å². The lowest BCUT2D eigenvalue weighted by Gasteiger charge is -2.07. The molecule has 17 heavy (non-hydrogen) atoms. The van der Waals surface area contributed by atoms with Gasteiger partial charge in [0.05, 0.1) is 5.56 Å². The molecule has 0 atom stereocenters. The molecule has 0 aliphatic rings. The van der Waals surface area contributed by atoms with Gasteiger partial charge in [0, 0.05) is 30.0 Å². The number of nitrogen functional groups attached to an aromatic ring is 1. The van der Waals surface area contributed by atoms with Crippen molar-refractivity contribution in [1.82, 2.24) is 9.55 Å². The fraction of sp³-hybridized carbons (Fsp3) is 0.0909. The third kappa shape index (κ3) is 2.42. The van der Waals surface area contributed by atoms with Crippen LogP contribution in [-0.4, -0.2) is 15.5 Å². The van der Waals surface area contributed by atoms with Crippen molar-refractivity contribution in [2.75, 3.05) is 5.73 Å². The lowest BCUT2D eigenvalue weighted by Crippen LogP contribution is -2.12. The molecular formula is C11H12N4OS. The summed E-state index contributed by atoms with van der Waals surface area (Å²) in [7, 11) is 1.88. The summed E-state index contributed by atoms with van der Waals surface area (Å²) in [5.41, 5.74) is 12.1. The Morgan fingerprint density at radius 2 is 2.24 bits per heavy atom. The van der Waals surface area contributed by atoms with E-state index in [0.29, 0.717) is 16.1 Å².